The third-order valence-electron chi connectivity index (χ3n) is 2.97. The number of hydrogen-bond donors (Lipinski definition) is 1. The highest BCUT2D eigenvalue weighted by Crippen LogP contribution is 2.21. The highest BCUT2D eigenvalue weighted by Gasteiger charge is 2.25. The van der Waals surface area contributed by atoms with E-state index in [0.29, 0.717) is 13.0 Å². The van der Waals surface area contributed by atoms with Crippen molar-refractivity contribution in [3.8, 4) is 0 Å². The molecule has 1 saturated heterocycles. The molecular weight excluding hydrogens is 192 g/mol. The van der Waals surface area contributed by atoms with Crippen molar-refractivity contribution in [1.29, 1.82) is 0 Å². The van der Waals surface area contributed by atoms with Gasteiger partial charge in [0.05, 0.1) is 6.54 Å². The normalized spacial score (nSPS) is 18.7. The molecule has 1 fully saturated rings. The van der Waals surface area contributed by atoms with E-state index in [4.69, 9.17) is 0 Å². The van der Waals surface area contributed by atoms with E-state index in [1.807, 2.05) is 0 Å². The average molecular weight is 212 g/mol. The van der Waals surface area contributed by atoms with Crippen LogP contribution >= 0.6 is 0 Å². The summed E-state index contributed by atoms with van der Waals surface area (Å²) in [4.78, 5) is 24.6. The predicted octanol–water partition coefficient (Wildman–Crippen LogP) is 0.771. The highest BCUT2D eigenvalue weighted by atomic mass is 16.2. The molecule has 0 bridgehead atoms. The molecule has 1 N–H and O–H groups in total. The second kappa shape index (κ2) is 4.64. The number of hydrogen-bond acceptors (Lipinski definition) is 2. The Morgan fingerprint density at radius 3 is 2.67 bits per heavy atom. The molecule has 1 aliphatic rings. The van der Waals surface area contributed by atoms with Gasteiger partial charge in [-0.15, -0.1) is 0 Å². The summed E-state index contributed by atoms with van der Waals surface area (Å²) in [6.45, 7) is 7.83. The lowest BCUT2D eigenvalue weighted by molar-refractivity contribution is -0.131. The minimum Gasteiger partial charge on any atom is -0.347 e. The maximum atomic E-state index is 11.7. The van der Waals surface area contributed by atoms with Crippen LogP contribution in [0.4, 0.5) is 0 Å². The van der Waals surface area contributed by atoms with E-state index in [1.165, 1.54) is 0 Å². The van der Waals surface area contributed by atoms with Crippen molar-refractivity contribution in [1.82, 2.24) is 10.2 Å². The number of carbonyl (C=O) groups excluding carboxylic acids is 2. The summed E-state index contributed by atoms with van der Waals surface area (Å²) in [7, 11) is 0. The predicted molar refractivity (Wildman–Crippen MR) is 58.3 cm³/mol. The van der Waals surface area contributed by atoms with Crippen LogP contribution in [0.1, 0.15) is 33.6 Å². The monoisotopic (exact) mass is 212 g/mol. The molecular formula is C11H20N2O2. The van der Waals surface area contributed by atoms with E-state index in [1.54, 1.807) is 4.90 Å². The second-order valence-electron chi connectivity index (χ2n) is 4.86. The minimum atomic E-state index is -0.0276. The van der Waals surface area contributed by atoms with E-state index < -0.39 is 0 Å². The van der Waals surface area contributed by atoms with Crippen molar-refractivity contribution in [2.75, 3.05) is 19.6 Å². The van der Waals surface area contributed by atoms with Gasteiger partial charge in [-0.2, -0.15) is 0 Å². The minimum absolute atomic E-state index is 0.0276. The lowest BCUT2D eigenvalue weighted by Gasteiger charge is -2.30. The molecule has 4 nitrogen and oxygen atoms in total. The molecule has 0 unspecified atom stereocenters. The molecule has 0 spiro atoms. The fraction of sp³-hybridized carbons (Fsp3) is 0.818. The van der Waals surface area contributed by atoms with E-state index in [9.17, 15) is 9.59 Å². The summed E-state index contributed by atoms with van der Waals surface area (Å²) in [5, 5.41) is 2.60. The molecule has 0 atom stereocenters. The van der Waals surface area contributed by atoms with Gasteiger partial charge >= 0.3 is 0 Å². The number of rotatable bonds is 3. The Morgan fingerprint density at radius 2 is 2.07 bits per heavy atom. The van der Waals surface area contributed by atoms with Crippen LogP contribution < -0.4 is 5.32 Å². The van der Waals surface area contributed by atoms with E-state index in [-0.39, 0.29) is 23.8 Å². The first-order valence-corrected chi connectivity index (χ1v) is 5.49. The van der Waals surface area contributed by atoms with Crippen LogP contribution in [0.2, 0.25) is 0 Å². The molecule has 1 heterocycles. The van der Waals surface area contributed by atoms with Gasteiger partial charge in [-0.1, -0.05) is 20.8 Å². The Balaban J connectivity index is 2.60. The Morgan fingerprint density at radius 1 is 1.40 bits per heavy atom. The Labute approximate surface area is 91.0 Å². The van der Waals surface area contributed by atoms with Crippen LogP contribution in [-0.2, 0) is 9.59 Å². The van der Waals surface area contributed by atoms with Gasteiger partial charge in [0.2, 0.25) is 11.8 Å². The summed E-state index contributed by atoms with van der Waals surface area (Å²) in [5.41, 5.74) is 0.128. The number of carbonyl (C=O) groups is 2. The first kappa shape index (κ1) is 12.0. The first-order chi connectivity index (χ1) is 6.94. The molecule has 2 amide bonds. The SMILES string of the molecule is CCC(C)(C)CN1CCC(=O)NCC1=O. The van der Waals surface area contributed by atoms with Crippen molar-refractivity contribution >= 4 is 11.8 Å². The van der Waals surface area contributed by atoms with Crippen LogP contribution in [0.15, 0.2) is 0 Å². The number of amides is 2. The van der Waals surface area contributed by atoms with E-state index >= 15 is 0 Å². The van der Waals surface area contributed by atoms with Crippen molar-refractivity contribution in [3.63, 3.8) is 0 Å². The lowest BCUT2D eigenvalue weighted by atomic mass is 9.89. The van der Waals surface area contributed by atoms with Crippen LogP contribution in [0, 0.1) is 5.41 Å². The van der Waals surface area contributed by atoms with Crippen molar-refractivity contribution < 1.29 is 9.59 Å². The van der Waals surface area contributed by atoms with Crippen LogP contribution in [0.3, 0.4) is 0 Å². The standard InChI is InChI=1S/C11H20N2O2/c1-4-11(2,3)8-13-6-5-9(14)12-7-10(13)15/h4-8H2,1-3H3,(H,12,14). The maximum Gasteiger partial charge on any atom is 0.241 e. The zero-order chi connectivity index (χ0) is 11.5. The van der Waals surface area contributed by atoms with Crippen LogP contribution in [-0.4, -0.2) is 36.3 Å². The smallest absolute Gasteiger partial charge is 0.241 e. The quantitative estimate of drug-likeness (QED) is 0.751. The van der Waals surface area contributed by atoms with Gasteiger partial charge in [0.15, 0.2) is 0 Å². The third-order valence-corrected chi connectivity index (χ3v) is 2.97. The average Bonchev–Trinajstić information content (AvgIpc) is 2.33. The van der Waals surface area contributed by atoms with Crippen LogP contribution in [0.25, 0.3) is 0 Å². The largest absolute Gasteiger partial charge is 0.347 e. The summed E-state index contributed by atoms with van der Waals surface area (Å²) in [5.74, 6) is 0.00234. The fourth-order valence-electron chi connectivity index (χ4n) is 1.53. The lowest BCUT2D eigenvalue weighted by Crippen LogP contribution is -2.40. The fourth-order valence-corrected chi connectivity index (χ4v) is 1.53. The van der Waals surface area contributed by atoms with Crippen molar-refractivity contribution in [3.05, 3.63) is 0 Å². The van der Waals surface area contributed by atoms with Gasteiger partial charge in [0.25, 0.3) is 0 Å². The van der Waals surface area contributed by atoms with Gasteiger partial charge in [0.1, 0.15) is 0 Å². The molecule has 0 radical (unpaired) electrons. The summed E-state index contributed by atoms with van der Waals surface area (Å²) in [6, 6.07) is 0. The third kappa shape index (κ3) is 3.53. The molecule has 0 aromatic carbocycles. The summed E-state index contributed by atoms with van der Waals surface area (Å²) >= 11 is 0. The topological polar surface area (TPSA) is 49.4 Å². The summed E-state index contributed by atoms with van der Waals surface area (Å²) in [6.07, 6.45) is 1.45. The molecule has 1 aliphatic heterocycles. The zero-order valence-electron chi connectivity index (χ0n) is 9.80. The first-order valence-electron chi connectivity index (χ1n) is 5.49. The van der Waals surface area contributed by atoms with Gasteiger partial charge in [-0.25, -0.2) is 0 Å². The highest BCUT2D eigenvalue weighted by molar-refractivity contribution is 5.87. The Bertz CT molecular complexity index is 261. The number of nitrogens with one attached hydrogen (secondary N) is 1. The second-order valence-corrected chi connectivity index (χ2v) is 4.86. The molecule has 4 heteroatoms. The molecule has 15 heavy (non-hydrogen) atoms. The molecule has 0 aromatic heterocycles. The van der Waals surface area contributed by atoms with Gasteiger partial charge in [0, 0.05) is 19.5 Å². The summed E-state index contributed by atoms with van der Waals surface area (Å²) < 4.78 is 0. The molecule has 86 valence electrons. The molecule has 0 saturated carbocycles. The Kier molecular flexibility index (Phi) is 3.72. The van der Waals surface area contributed by atoms with Crippen molar-refractivity contribution in [2.45, 2.75) is 33.6 Å². The van der Waals surface area contributed by atoms with Gasteiger partial charge in [-0.05, 0) is 11.8 Å². The van der Waals surface area contributed by atoms with E-state index in [0.717, 1.165) is 13.0 Å². The van der Waals surface area contributed by atoms with Gasteiger partial charge < -0.3 is 10.2 Å². The number of nitrogens with zero attached hydrogens (tertiary/aromatic N) is 1. The molecule has 0 aromatic rings. The van der Waals surface area contributed by atoms with E-state index in [2.05, 4.69) is 26.1 Å². The molecule has 1 rings (SSSR count). The van der Waals surface area contributed by atoms with Gasteiger partial charge in [-0.3, -0.25) is 9.59 Å². The zero-order valence-corrected chi connectivity index (χ0v) is 9.80. The maximum absolute atomic E-state index is 11.7. The van der Waals surface area contributed by atoms with Crippen LogP contribution in [0.5, 0.6) is 0 Å². The molecule has 0 aliphatic carbocycles. The Hall–Kier alpha value is -1.06. The van der Waals surface area contributed by atoms with Crippen molar-refractivity contribution in [2.24, 2.45) is 5.41 Å².